The molecule has 558 valence electrons. The van der Waals surface area contributed by atoms with Gasteiger partial charge in [-0.3, -0.25) is 57.5 Å². The number of hydrogen-bond donors (Lipinski definition) is 3. The standard InChI is InChI=1S/C70H112ClF3N12O13/c1-13-43(4)57-66(96)79(7)44(5)61(91)86-36-30-51(86)64(94)81(9)52(38-45-23-16-14-17-24-45)63(93)78(6)40-55(87)75-49(29-27-46-26-28-47(48(71)37-46)70(72,73)74)62(92)85-35-22-25-50(85)60(90)77-69(31-18-19-32-69)68(98)83(11)58(42(2)3)67(97)82(10)53(65(95)84-33-20-15-21-34-84)39-56(88)80(8)54(41-99-12)59(89)76-57/h42-54,57-58H,13-41H2,1-12H3,(H,75,87)(H,76,89)(H,77,90)/t43-,44-,46?,47?,48?,49-,50-,51-,52-,53-,54-,57-,58-/m0/s1. The monoisotopic (exact) mass is 1420 g/mol. The molecule has 3 saturated carbocycles. The summed E-state index contributed by atoms with van der Waals surface area (Å²) >= 11 is 6.40. The zero-order valence-electron chi connectivity index (χ0n) is 60.5. The van der Waals surface area contributed by atoms with Crippen molar-refractivity contribution in [2.45, 2.75) is 254 Å². The average molecular weight is 1420 g/mol. The van der Waals surface area contributed by atoms with Crippen LogP contribution >= 0.6 is 11.6 Å². The normalized spacial score (nSPS) is 31.1. The smallest absolute Gasteiger partial charge is 0.382 e. The van der Waals surface area contributed by atoms with E-state index in [4.69, 9.17) is 16.3 Å². The van der Waals surface area contributed by atoms with Crippen LogP contribution in [0.2, 0.25) is 0 Å². The Bertz CT molecular complexity index is 2910. The van der Waals surface area contributed by atoms with Gasteiger partial charge in [0.2, 0.25) is 70.9 Å². The fourth-order valence-corrected chi connectivity index (χ4v) is 16.6. The molecule has 7 rings (SSSR count). The molecular weight excluding hydrogens is 1310 g/mol. The van der Waals surface area contributed by atoms with Crippen molar-refractivity contribution in [2.75, 3.05) is 88.7 Å². The molecular formula is C70H112ClF3N12O13. The number of likely N-dealkylation sites (tertiary alicyclic amines) is 1. The van der Waals surface area contributed by atoms with Gasteiger partial charge in [-0.2, -0.15) is 13.2 Å². The lowest BCUT2D eigenvalue weighted by Gasteiger charge is -2.45. The fraction of sp³-hybridized carbons (Fsp3) is 0.829. The summed E-state index contributed by atoms with van der Waals surface area (Å²) in [5.41, 5.74) is -1.57. The molecule has 3 unspecified atom stereocenters. The molecule has 7 aliphatic rings. The number of amides is 12. The number of hydrogen-bond acceptors (Lipinski definition) is 13. The molecule has 12 amide bonds. The first-order chi connectivity index (χ1) is 46.7. The van der Waals surface area contributed by atoms with Crippen molar-refractivity contribution in [3.8, 4) is 0 Å². The third kappa shape index (κ3) is 18.9. The Morgan fingerprint density at radius 2 is 1.26 bits per heavy atom. The molecule has 0 bridgehead atoms. The lowest BCUT2D eigenvalue weighted by molar-refractivity contribution is -0.182. The molecule has 0 aromatic heterocycles. The second-order valence-electron chi connectivity index (χ2n) is 29.9. The summed E-state index contributed by atoms with van der Waals surface area (Å²) in [6.07, 6.45) is 4.23. The van der Waals surface area contributed by atoms with Crippen molar-refractivity contribution in [3.63, 3.8) is 0 Å². The number of nitrogens with one attached hydrogen (secondary N) is 3. The molecule has 99 heavy (non-hydrogen) atoms. The SMILES string of the molecule is CC[C@H](C)[C@@H]1NC(=O)[C@H](COC)N(C)C(=O)C[C@@H](C(=O)N2CCCCC2)N(C)C(=O)[C@H](C(C)C)N(C)C(=O)C2(CCCC2)NC(=O)[C@@H]2CCCN2C(=O)[C@H](CCC2CCC(C(F)(F)F)C(Cl)C2)NC(=O)CN(C)C(=O)[C@H](CC2CCCCC2)N(C)C(=O)[C@@H]2CCN2C(=O)[C@H](C)N(C)C1=O. The number of carbonyl (C=O) groups excluding carboxylic acids is 12. The molecule has 0 radical (unpaired) electrons. The van der Waals surface area contributed by atoms with Crippen molar-refractivity contribution in [2.24, 2.45) is 29.6 Å². The molecule has 0 aromatic rings. The quantitative estimate of drug-likeness (QED) is 0.237. The number of likely N-dealkylation sites (N-methyl/N-ethyl adjacent to an activating group) is 6. The number of piperidine rings is 1. The first-order valence-corrected chi connectivity index (χ1v) is 36.7. The Balaban J connectivity index is 1.27. The van der Waals surface area contributed by atoms with Crippen molar-refractivity contribution in [1.29, 1.82) is 0 Å². The van der Waals surface area contributed by atoms with E-state index in [0.717, 1.165) is 43.4 Å². The number of halogens is 4. The summed E-state index contributed by atoms with van der Waals surface area (Å²) < 4.78 is 47.5. The van der Waals surface area contributed by atoms with Gasteiger partial charge in [-0.1, -0.05) is 79.1 Å². The Labute approximate surface area is 587 Å². The van der Waals surface area contributed by atoms with Crippen molar-refractivity contribution >= 4 is 82.5 Å². The van der Waals surface area contributed by atoms with Gasteiger partial charge in [0, 0.05) is 81.0 Å². The van der Waals surface area contributed by atoms with Crippen molar-refractivity contribution in [3.05, 3.63) is 0 Å². The third-order valence-corrected chi connectivity index (χ3v) is 23.4. The Hall–Kier alpha value is -6.32. The van der Waals surface area contributed by atoms with Crippen LogP contribution in [0.3, 0.4) is 0 Å². The Kier molecular flexibility index (Phi) is 28.3. The minimum Gasteiger partial charge on any atom is -0.382 e. The highest BCUT2D eigenvalue weighted by Crippen LogP contribution is 2.44. The number of carbonyl (C=O) groups is 12. The highest BCUT2D eigenvalue weighted by atomic mass is 35.5. The second-order valence-corrected chi connectivity index (χ2v) is 30.4. The van der Waals surface area contributed by atoms with E-state index in [1.54, 1.807) is 25.7 Å². The Morgan fingerprint density at radius 3 is 1.85 bits per heavy atom. The maximum Gasteiger partial charge on any atom is 0.393 e. The van der Waals surface area contributed by atoms with Gasteiger partial charge in [0.25, 0.3) is 0 Å². The number of ether oxygens (including phenoxy) is 1. The van der Waals surface area contributed by atoms with E-state index in [1.165, 1.54) is 90.6 Å². The van der Waals surface area contributed by atoms with Gasteiger partial charge in [0.05, 0.1) is 25.5 Å². The highest BCUT2D eigenvalue weighted by molar-refractivity contribution is 6.21. The molecule has 4 heterocycles. The van der Waals surface area contributed by atoms with Gasteiger partial charge < -0.3 is 64.8 Å². The molecule has 4 saturated heterocycles. The third-order valence-electron chi connectivity index (χ3n) is 22.9. The maximum atomic E-state index is 15.4. The molecule has 4 aliphatic heterocycles. The molecule has 3 aliphatic carbocycles. The number of rotatable bonds is 11. The van der Waals surface area contributed by atoms with Crippen LogP contribution in [-0.2, 0) is 62.3 Å². The fourth-order valence-electron chi connectivity index (χ4n) is 16.1. The minimum atomic E-state index is -4.51. The van der Waals surface area contributed by atoms with Gasteiger partial charge in [0.1, 0.15) is 59.9 Å². The van der Waals surface area contributed by atoms with Gasteiger partial charge in [-0.15, -0.1) is 11.6 Å². The number of alkyl halides is 4. The molecule has 13 atom stereocenters. The van der Waals surface area contributed by atoms with E-state index in [2.05, 4.69) is 16.0 Å². The van der Waals surface area contributed by atoms with E-state index in [9.17, 15) is 51.5 Å². The van der Waals surface area contributed by atoms with Crippen LogP contribution in [0.1, 0.15) is 182 Å². The number of fused-ring (bicyclic) bond motifs is 2. The van der Waals surface area contributed by atoms with Gasteiger partial charge in [-0.25, -0.2) is 0 Å². The van der Waals surface area contributed by atoms with Crippen LogP contribution in [0.15, 0.2) is 0 Å². The van der Waals surface area contributed by atoms with E-state index >= 15 is 19.2 Å². The van der Waals surface area contributed by atoms with E-state index < -0.39 is 173 Å². The van der Waals surface area contributed by atoms with Crippen LogP contribution in [0.5, 0.6) is 0 Å². The summed E-state index contributed by atoms with van der Waals surface area (Å²) in [5, 5.41) is 7.49. The molecule has 0 aromatic carbocycles. The lowest BCUT2D eigenvalue weighted by Crippen LogP contribution is -2.65. The number of methoxy groups -OCH3 is 1. The largest absolute Gasteiger partial charge is 0.393 e. The van der Waals surface area contributed by atoms with Crippen LogP contribution in [0.25, 0.3) is 0 Å². The van der Waals surface area contributed by atoms with E-state index in [0.29, 0.717) is 51.6 Å². The molecule has 1 spiro atoms. The molecule has 25 nitrogen and oxygen atoms in total. The Morgan fingerprint density at radius 1 is 0.626 bits per heavy atom. The average Bonchev–Trinajstić information content (AvgIpc) is 1.73. The lowest BCUT2D eigenvalue weighted by atomic mass is 9.78. The van der Waals surface area contributed by atoms with Crippen LogP contribution in [0.4, 0.5) is 13.2 Å². The first-order valence-electron chi connectivity index (χ1n) is 36.3. The summed E-state index contributed by atoms with van der Waals surface area (Å²) in [6, 6.07) is -11.2. The predicted octanol–water partition coefficient (Wildman–Crippen LogP) is 4.69. The highest BCUT2D eigenvalue weighted by Gasteiger charge is 2.52. The minimum absolute atomic E-state index is 0.00218. The topological polar surface area (TPSA) is 279 Å². The van der Waals surface area contributed by atoms with Gasteiger partial charge in [0.15, 0.2) is 0 Å². The second kappa shape index (κ2) is 35.0. The van der Waals surface area contributed by atoms with Crippen LogP contribution in [0, 0.1) is 29.6 Å². The zero-order chi connectivity index (χ0) is 73.1. The summed E-state index contributed by atoms with van der Waals surface area (Å²) in [6.45, 7) is 8.50. The zero-order valence-corrected chi connectivity index (χ0v) is 61.3. The van der Waals surface area contributed by atoms with Gasteiger partial charge in [-0.05, 0) is 120 Å². The van der Waals surface area contributed by atoms with Crippen LogP contribution < -0.4 is 16.0 Å². The van der Waals surface area contributed by atoms with Crippen LogP contribution in [-0.4, -0.2) is 275 Å². The molecule has 29 heteroatoms. The van der Waals surface area contributed by atoms with Gasteiger partial charge >= 0.3 is 6.18 Å². The van der Waals surface area contributed by atoms with E-state index in [1.807, 2.05) is 6.92 Å². The first kappa shape index (κ1) is 80.0. The van der Waals surface area contributed by atoms with E-state index in [-0.39, 0.29) is 95.7 Å². The van der Waals surface area contributed by atoms with Crippen molar-refractivity contribution in [1.82, 2.24) is 60.0 Å². The molecule has 3 N–H and O–H groups in total. The predicted molar refractivity (Wildman–Crippen MR) is 362 cm³/mol. The summed E-state index contributed by atoms with van der Waals surface area (Å²) in [5.74, 6) is -10.9. The summed E-state index contributed by atoms with van der Waals surface area (Å²) in [4.78, 5) is 191. The maximum absolute atomic E-state index is 15.4. The summed E-state index contributed by atoms with van der Waals surface area (Å²) in [7, 11) is 9.84. The molecule has 7 fully saturated rings. The van der Waals surface area contributed by atoms with Crippen molar-refractivity contribution < 1.29 is 75.4 Å². The number of nitrogens with zero attached hydrogens (tertiary/aromatic N) is 9.